The average Bonchev–Trinajstić information content (AvgIpc) is 3.12. The largest absolute Gasteiger partial charge is 0.495 e. The Morgan fingerprint density at radius 3 is 2.63 bits per heavy atom. The summed E-state index contributed by atoms with van der Waals surface area (Å²) in [6.07, 6.45) is 0. The molecule has 0 radical (unpaired) electrons. The van der Waals surface area contributed by atoms with Crippen LogP contribution < -0.4 is 15.4 Å². The van der Waals surface area contributed by atoms with Gasteiger partial charge >= 0.3 is 0 Å². The molecule has 27 heavy (non-hydrogen) atoms. The fourth-order valence-electron chi connectivity index (χ4n) is 2.43. The van der Waals surface area contributed by atoms with E-state index in [4.69, 9.17) is 9.26 Å². The lowest BCUT2D eigenvalue weighted by Crippen LogP contribution is -2.12. The number of carbonyl (C=O) groups is 2. The zero-order valence-corrected chi connectivity index (χ0v) is 14.6. The van der Waals surface area contributed by atoms with E-state index in [-0.39, 0.29) is 11.7 Å². The van der Waals surface area contributed by atoms with Crippen molar-refractivity contribution in [1.82, 2.24) is 5.16 Å². The van der Waals surface area contributed by atoms with Crippen molar-refractivity contribution in [3.8, 4) is 17.0 Å². The predicted octanol–water partition coefficient (Wildman–Crippen LogP) is 3.70. The van der Waals surface area contributed by atoms with Crippen LogP contribution in [0.25, 0.3) is 11.3 Å². The number of nitrogens with zero attached hydrogens (tertiary/aromatic N) is 1. The van der Waals surface area contributed by atoms with Gasteiger partial charge in [0.2, 0.25) is 11.7 Å². The molecule has 1 heterocycles. The summed E-state index contributed by atoms with van der Waals surface area (Å²) in [5.74, 6) is -0.802. The molecule has 3 rings (SSSR count). The first-order chi connectivity index (χ1) is 13.0. The molecule has 0 spiro atoms. The number of benzene rings is 2. The molecule has 3 aromatic rings. The molecule has 8 heteroatoms. The molecule has 138 valence electrons. The second-order valence-electron chi connectivity index (χ2n) is 5.64. The number of amides is 2. The van der Waals surface area contributed by atoms with Gasteiger partial charge < -0.3 is 19.9 Å². The highest BCUT2D eigenvalue weighted by Gasteiger charge is 2.16. The Labute approximate surface area is 154 Å². The second-order valence-corrected chi connectivity index (χ2v) is 5.64. The van der Waals surface area contributed by atoms with Crippen LogP contribution in [0.2, 0.25) is 0 Å². The minimum absolute atomic E-state index is 0.0360. The molecule has 0 aliphatic heterocycles. The highest BCUT2D eigenvalue weighted by atomic mass is 19.1. The van der Waals surface area contributed by atoms with Crippen LogP contribution in [0.1, 0.15) is 17.5 Å². The van der Waals surface area contributed by atoms with Gasteiger partial charge in [0.1, 0.15) is 17.3 Å². The average molecular weight is 369 g/mol. The third-order valence-corrected chi connectivity index (χ3v) is 3.62. The maximum absolute atomic E-state index is 13.3. The SMILES string of the molecule is COc1ccc(NC(=O)c2cc(-c3cccc(F)c3)no2)cc1NC(C)=O. The number of aromatic nitrogens is 1. The molecule has 0 saturated heterocycles. The van der Waals surface area contributed by atoms with Crippen molar-refractivity contribution in [3.63, 3.8) is 0 Å². The standard InChI is InChI=1S/C19H16FN3O4/c1-11(24)21-16-9-14(6-7-17(16)26-2)22-19(25)18-10-15(23-27-18)12-4-3-5-13(20)8-12/h3-10H,1-2H3,(H,21,24)(H,22,25). The van der Waals surface area contributed by atoms with Gasteiger partial charge in [0.15, 0.2) is 0 Å². The number of nitrogens with one attached hydrogen (secondary N) is 2. The summed E-state index contributed by atoms with van der Waals surface area (Å²) in [5, 5.41) is 9.06. The highest BCUT2D eigenvalue weighted by molar-refractivity contribution is 6.03. The summed E-state index contributed by atoms with van der Waals surface area (Å²) in [5.41, 5.74) is 1.68. The van der Waals surface area contributed by atoms with Gasteiger partial charge in [-0.25, -0.2) is 4.39 Å². The molecule has 0 saturated carbocycles. The summed E-state index contributed by atoms with van der Waals surface area (Å²) in [6.45, 7) is 1.37. The maximum Gasteiger partial charge on any atom is 0.294 e. The zero-order chi connectivity index (χ0) is 19.4. The number of rotatable bonds is 5. The summed E-state index contributed by atoms with van der Waals surface area (Å²) in [6, 6.07) is 12.0. The van der Waals surface area contributed by atoms with Gasteiger partial charge in [-0.15, -0.1) is 0 Å². The molecular weight excluding hydrogens is 353 g/mol. The number of carbonyl (C=O) groups excluding carboxylic acids is 2. The van der Waals surface area contributed by atoms with Crippen LogP contribution in [-0.2, 0) is 4.79 Å². The lowest BCUT2D eigenvalue weighted by molar-refractivity contribution is -0.114. The molecule has 0 aliphatic rings. The van der Waals surface area contributed by atoms with Crippen LogP contribution in [-0.4, -0.2) is 24.1 Å². The lowest BCUT2D eigenvalue weighted by atomic mass is 10.1. The molecule has 1 aromatic heterocycles. The quantitative estimate of drug-likeness (QED) is 0.715. The smallest absolute Gasteiger partial charge is 0.294 e. The number of ether oxygens (including phenoxy) is 1. The molecule has 0 bridgehead atoms. The number of methoxy groups -OCH3 is 1. The van der Waals surface area contributed by atoms with Crippen molar-refractivity contribution in [1.29, 1.82) is 0 Å². The third-order valence-electron chi connectivity index (χ3n) is 3.62. The first kappa shape index (κ1) is 18.1. The molecule has 0 atom stereocenters. The van der Waals surface area contributed by atoms with Crippen LogP contribution in [0.5, 0.6) is 5.75 Å². The van der Waals surface area contributed by atoms with Gasteiger partial charge in [0, 0.05) is 24.2 Å². The summed E-state index contributed by atoms with van der Waals surface area (Å²) < 4.78 is 23.5. The number of hydrogen-bond acceptors (Lipinski definition) is 5. The number of halogens is 1. The Hall–Kier alpha value is -3.68. The molecular formula is C19H16FN3O4. The molecule has 0 fully saturated rings. The van der Waals surface area contributed by atoms with Crippen molar-refractivity contribution >= 4 is 23.2 Å². The maximum atomic E-state index is 13.3. The summed E-state index contributed by atoms with van der Waals surface area (Å²) >= 11 is 0. The van der Waals surface area contributed by atoms with Gasteiger partial charge in [0.05, 0.1) is 12.8 Å². The van der Waals surface area contributed by atoms with Crippen LogP contribution in [0.4, 0.5) is 15.8 Å². The highest BCUT2D eigenvalue weighted by Crippen LogP contribution is 2.28. The minimum atomic E-state index is -0.538. The van der Waals surface area contributed by atoms with Crippen molar-refractivity contribution in [3.05, 3.63) is 60.1 Å². The Bertz CT molecular complexity index is 1000. The van der Waals surface area contributed by atoms with Crippen LogP contribution >= 0.6 is 0 Å². The van der Waals surface area contributed by atoms with Crippen LogP contribution in [0.15, 0.2) is 53.1 Å². The first-order valence-corrected chi connectivity index (χ1v) is 7.96. The van der Waals surface area contributed by atoms with Gasteiger partial charge in [0.25, 0.3) is 5.91 Å². The Morgan fingerprint density at radius 1 is 1.11 bits per heavy atom. The van der Waals surface area contributed by atoms with E-state index < -0.39 is 11.7 Å². The van der Waals surface area contributed by atoms with Gasteiger partial charge in [-0.1, -0.05) is 17.3 Å². The van der Waals surface area contributed by atoms with Gasteiger partial charge in [-0.3, -0.25) is 9.59 Å². The van der Waals surface area contributed by atoms with Crippen molar-refractivity contribution < 1.29 is 23.2 Å². The second kappa shape index (κ2) is 7.69. The predicted molar refractivity (Wildman–Crippen MR) is 97.1 cm³/mol. The fourth-order valence-corrected chi connectivity index (χ4v) is 2.43. The lowest BCUT2D eigenvalue weighted by Gasteiger charge is -2.11. The van der Waals surface area contributed by atoms with Gasteiger partial charge in [-0.2, -0.15) is 0 Å². The molecule has 2 N–H and O–H groups in total. The van der Waals surface area contributed by atoms with Gasteiger partial charge in [-0.05, 0) is 30.3 Å². The van der Waals surface area contributed by atoms with E-state index in [9.17, 15) is 14.0 Å². The van der Waals surface area contributed by atoms with Crippen LogP contribution in [0.3, 0.4) is 0 Å². The van der Waals surface area contributed by atoms with Crippen molar-refractivity contribution in [2.24, 2.45) is 0 Å². The Balaban J connectivity index is 1.79. The minimum Gasteiger partial charge on any atom is -0.495 e. The molecule has 0 aliphatic carbocycles. The monoisotopic (exact) mass is 369 g/mol. The van der Waals surface area contributed by atoms with Crippen LogP contribution in [0, 0.1) is 5.82 Å². The Morgan fingerprint density at radius 2 is 1.93 bits per heavy atom. The van der Waals surface area contributed by atoms with E-state index in [1.54, 1.807) is 30.3 Å². The zero-order valence-electron chi connectivity index (χ0n) is 14.6. The van der Waals surface area contributed by atoms with E-state index in [2.05, 4.69) is 15.8 Å². The normalized spacial score (nSPS) is 10.3. The molecule has 2 amide bonds. The number of hydrogen-bond donors (Lipinski definition) is 2. The van der Waals surface area contributed by atoms with E-state index in [1.165, 1.54) is 32.2 Å². The molecule has 2 aromatic carbocycles. The third kappa shape index (κ3) is 4.30. The molecule has 7 nitrogen and oxygen atoms in total. The first-order valence-electron chi connectivity index (χ1n) is 7.96. The van der Waals surface area contributed by atoms with E-state index in [0.29, 0.717) is 28.4 Å². The number of anilines is 2. The Kier molecular flexibility index (Phi) is 5.16. The van der Waals surface area contributed by atoms with E-state index in [1.807, 2.05) is 0 Å². The fraction of sp³-hybridized carbons (Fsp3) is 0.105. The van der Waals surface area contributed by atoms with Crippen molar-refractivity contribution in [2.75, 3.05) is 17.7 Å². The topological polar surface area (TPSA) is 93.5 Å². The summed E-state index contributed by atoms with van der Waals surface area (Å²) in [4.78, 5) is 23.7. The summed E-state index contributed by atoms with van der Waals surface area (Å²) in [7, 11) is 1.47. The van der Waals surface area contributed by atoms with E-state index >= 15 is 0 Å². The molecule has 0 unspecified atom stereocenters. The van der Waals surface area contributed by atoms with E-state index in [0.717, 1.165) is 0 Å². The van der Waals surface area contributed by atoms with Crippen molar-refractivity contribution in [2.45, 2.75) is 6.92 Å².